The number of carbonyl (C=O) groups is 1. The van der Waals surface area contributed by atoms with Crippen molar-refractivity contribution in [2.45, 2.75) is 27.1 Å². The number of allylic oxidation sites excluding steroid dienone is 1. The fraction of sp³-hybridized carbons (Fsp3) is 0.357. The monoisotopic (exact) mass is 234 g/mol. The lowest BCUT2D eigenvalue weighted by atomic mass is 10.1. The minimum atomic E-state index is -0.520. The maximum absolute atomic E-state index is 11.7. The molecule has 0 bridgehead atoms. The van der Waals surface area contributed by atoms with Gasteiger partial charge in [0.25, 0.3) is 0 Å². The molecule has 0 N–H and O–H groups in total. The van der Waals surface area contributed by atoms with E-state index >= 15 is 0 Å². The third-order valence-corrected chi connectivity index (χ3v) is 2.29. The van der Waals surface area contributed by atoms with Crippen molar-refractivity contribution in [3.05, 3.63) is 42.0 Å². The summed E-state index contributed by atoms with van der Waals surface area (Å²) in [6.45, 7) is 9.83. The van der Waals surface area contributed by atoms with Crippen molar-refractivity contribution >= 4 is 11.5 Å². The summed E-state index contributed by atoms with van der Waals surface area (Å²) in [5, 5.41) is 0. The molecule has 3 nitrogen and oxygen atoms in total. The number of rotatable bonds is 5. The molecular formula is C14H18O3. The van der Waals surface area contributed by atoms with Crippen molar-refractivity contribution in [1.82, 2.24) is 0 Å². The molecular weight excluding hydrogens is 216 g/mol. The Labute approximate surface area is 102 Å². The van der Waals surface area contributed by atoms with E-state index in [-0.39, 0.29) is 5.97 Å². The zero-order valence-corrected chi connectivity index (χ0v) is 10.5. The van der Waals surface area contributed by atoms with Gasteiger partial charge in [-0.05, 0) is 38.5 Å². The second-order valence-corrected chi connectivity index (χ2v) is 3.79. The van der Waals surface area contributed by atoms with E-state index in [2.05, 4.69) is 6.58 Å². The Bertz CT molecular complexity index is 392. The van der Waals surface area contributed by atoms with E-state index in [1.165, 1.54) is 0 Å². The molecule has 0 saturated heterocycles. The second kappa shape index (κ2) is 6.21. The summed E-state index contributed by atoms with van der Waals surface area (Å²) < 4.78 is 10.2. The molecule has 0 amide bonds. The van der Waals surface area contributed by atoms with Crippen LogP contribution >= 0.6 is 0 Å². The Hall–Kier alpha value is -1.61. The Kier molecular flexibility index (Phi) is 4.91. The molecule has 3 heteroatoms. The van der Waals surface area contributed by atoms with Crippen LogP contribution in [-0.4, -0.2) is 18.9 Å². The van der Waals surface area contributed by atoms with Crippen molar-refractivity contribution in [3.63, 3.8) is 0 Å². The maximum Gasteiger partial charge on any atom is 0.340 e. The standard InChI is InChI=1S/C14H18O3/c1-5-16-11(4)17-14(15)13-8-6-12(7-9-13)10(2)3/h6-9,11H,2,5H2,1,3-4H3. The second-order valence-electron chi connectivity index (χ2n) is 3.79. The molecule has 0 radical (unpaired) electrons. The van der Waals surface area contributed by atoms with Gasteiger partial charge in [0.2, 0.25) is 0 Å². The van der Waals surface area contributed by atoms with E-state index in [1.807, 2.05) is 26.0 Å². The molecule has 1 atom stereocenters. The first-order valence-electron chi connectivity index (χ1n) is 5.63. The Morgan fingerprint density at radius 2 is 1.82 bits per heavy atom. The quantitative estimate of drug-likeness (QED) is 0.579. The summed E-state index contributed by atoms with van der Waals surface area (Å²) >= 11 is 0. The van der Waals surface area contributed by atoms with E-state index in [1.54, 1.807) is 19.1 Å². The van der Waals surface area contributed by atoms with Gasteiger partial charge in [-0.25, -0.2) is 4.79 Å². The predicted octanol–water partition coefficient (Wildman–Crippen LogP) is 3.26. The number of ether oxygens (including phenoxy) is 2. The molecule has 0 fully saturated rings. The van der Waals surface area contributed by atoms with Crippen molar-refractivity contribution in [2.75, 3.05) is 6.61 Å². The van der Waals surface area contributed by atoms with Crippen LogP contribution < -0.4 is 0 Å². The predicted molar refractivity (Wildman–Crippen MR) is 67.7 cm³/mol. The largest absolute Gasteiger partial charge is 0.432 e. The highest BCUT2D eigenvalue weighted by atomic mass is 16.7. The minimum Gasteiger partial charge on any atom is -0.432 e. The van der Waals surface area contributed by atoms with Gasteiger partial charge in [-0.2, -0.15) is 0 Å². The van der Waals surface area contributed by atoms with Crippen LogP contribution in [0, 0.1) is 0 Å². The summed E-state index contributed by atoms with van der Waals surface area (Å²) in [5.74, 6) is -0.376. The first-order valence-corrected chi connectivity index (χ1v) is 5.63. The van der Waals surface area contributed by atoms with Crippen LogP contribution in [0.3, 0.4) is 0 Å². The highest BCUT2D eigenvalue weighted by molar-refractivity contribution is 5.89. The van der Waals surface area contributed by atoms with Crippen molar-refractivity contribution < 1.29 is 14.3 Å². The minimum absolute atomic E-state index is 0.376. The Morgan fingerprint density at radius 1 is 1.29 bits per heavy atom. The van der Waals surface area contributed by atoms with Crippen LogP contribution in [0.25, 0.3) is 5.57 Å². The van der Waals surface area contributed by atoms with E-state index in [0.29, 0.717) is 12.2 Å². The van der Waals surface area contributed by atoms with Crippen LogP contribution in [0.15, 0.2) is 30.8 Å². The summed E-state index contributed by atoms with van der Waals surface area (Å²) in [6.07, 6.45) is -0.520. The molecule has 1 aromatic rings. The van der Waals surface area contributed by atoms with Gasteiger partial charge < -0.3 is 9.47 Å². The highest BCUT2D eigenvalue weighted by Gasteiger charge is 2.11. The molecule has 1 unspecified atom stereocenters. The third-order valence-electron chi connectivity index (χ3n) is 2.29. The van der Waals surface area contributed by atoms with Gasteiger partial charge in [0.15, 0.2) is 6.29 Å². The van der Waals surface area contributed by atoms with Gasteiger partial charge in [-0.1, -0.05) is 24.3 Å². The highest BCUT2D eigenvalue weighted by Crippen LogP contribution is 2.13. The molecule has 0 aromatic heterocycles. The first kappa shape index (κ1) is 13.5. The van der Waals surface area contributed by atoms with E-state index in [9.17, 15) is 4.79 Å². The topological polar surface area (TPSA) is 35.5 Å². The van der Waals surface area contributed by atoms with Gasteiger partial charge in [-0.3, -0.25) is 0 Å². The van der Waals surface area contributed by atoms with Gasteiger partial charge in [0, 0.05) is 6.61 Å². The summed E-state index contributed by atoms with van der Waals surface area (Å²) in [6, 6.07) is 7.16. The molecule has 0 aliphatic carbocycles. The average Bonchev–Trinajstić information content (AvgIpc) is 2.29. The molecule has 0 spiro atoms. The SMILES string of the molecule is C=C(C)c1ccc(C(=O)OC(C)OCC)cc1. The number of carbonyl (C=O) groups excluding carboxylic acids is 1. The van der Waals surface area contributed by atoms with Crippen molar-refractivity contribution in [2.24, 2.45) is 0 Å². The normalized spacial score (nSPS) is 11.9. The molecule has 92 valence electrons. The van der Waals surface area contributed by atoms with Crippen molar-refractivity contribution in [1.29, 1.82) is 0 Å². The van der Waals surface area contributed by atoms with Crippen LogP contribution in [0.1, 0.15) is 36.7 Å². The molecule has 17 heavy (non-hydrogen) atoms. The fourth-order valence-corrected chi connectivity index (χ4v) is 1.38. The van der Waals surface area contributed by atoms with Gasteiger partial charge >= 0.3 is 5.97 Å². The fourth-order valence-electron chi connectivity index (χ4n) is 1.38. The number of hydrogen-bond donors (Lipinski definition) is 0. The van der Waals surface area contributed by atoms with Gasteiger partial charge in [-0.15, -0.1) is 0 Å². The van der Waals surface area contributed by atoms with Gasteiger partial charge in [0.05, 0.1) is 5.56 Å². The average molecular weight is 234 g/mol. The van der Waals surface area contributed by atoms with Gasteiger partial charge in [0.1, 0.15) is 0 Å². The smallest absolute Gasteiger partial charge is 0.340 e. The first-order chi connectivity index (χ1) is 8.04. The number of esters is 1. The van der Waals surface area contributed by atoms with E-state index in [4.69, 9.17) is 9.47 Å². The summed E-state index contributed by atoms with van der Waals surface area (Å²) in [7, 11) is 0. The molecule has 0 aliphatic heterocycles. The lowest BCUT2D eigenvalue weighted by molar-refractivity contribution is -0.0940. The zero-order chi connectivity index (χ0) is 12.8. The lowest BCUT2D eigenvalue weighted by Crippen LogP contribution is -2.18. The lowest BCUT2D eigenvalue weighted by Gasteiger charge is -2.12. The van der Waals surface area contributed by atoms with Crippen molar-refractivity contribution in [3.8, 4) is 0 Å². The molecule has 0 saturated carbocycles. The molecule has 1 aromatic carbocycles. The third kappa shape index (κ3) is 4.04. The Balaban J connectivity index is 2.66. The zero-order valence-electron chi connectivity index (χ0n) is 10.5. The molecule has 0 aliphatic rings. The maximum atomic E-state index is 11.7. The number of hydrogen-bond acceptors (Lipinski definition) is 3. The van der Waals surface area contributed by atoms with E-state index in [0.717, 1.165) is 11.1 Å². The summed E-state index contributed by atoms with van der Waals surface area (Å²) in [4.78, 5) is 11.7. The molecule has 1 rings (SSSR count). The van der Waals surface area contributed by atoms with E-state index < -0.39 is 6.29 Å². The van der Waals surface area contributed by atoms with Crippen LogP contribution in [0.4, 0.5) is 0 Å². The Morgan fingerprint density at radius 3 is 2.29 bits per heavy atom. The summed E-state index contributed by atoms with van der Waals surface area (Å²) in [5.41, 5.74) is 2.49. The number of benzene rings is 1. The van der Waals surface area contributed by atoms with Crippen LogP contribution in [0.5, 0.6) is 0 Å². The van der Waals surface area contributed by atoms with Crippen LogP contribution in [-0.2, 0) is 9.47 Å². The molecule has 0 heterocycles. The van der Waals surface area contributed by atoms with Crippen LogP contribution in [0.2, 0.25) is 0 Å².